The molecule has 0 bridgehead atoms. The first-order chi connectivity index (χ1) is 10.5. The van der Waals surface area contributed by atoms with E-state index >= 15 is 0 Å². The molecular weight excluding hydrogens is 308 g/mol. The van der Waals surface area contributed by atoms with Gasteiger partial charge >= 0.3 is 5.97 Å². The summed E-state index contributed by atoms with van der Waals surface area (Å²) in [6.07, 6.45) is -3.13. The summed E-state index contributed by atoms with van der Waals surface area (Å²) in [5.41, 5.74) is 1.01. The van der Waals surface area contributed by atoms with E-state index in [1.165, 1.54) is 18.7 Å². The van der Waals surface area contributed by atoms with Gasteiger partial charge in [-0.25, -0.2) is 0 Å². The molecule has 0 radical (unpaired) electrons. The van der Waals surface area contributed by atoms with Gasteiger partial charge in [0.25, 0.3) is 0 Å². The molecule has 0 spiro atoms. The molecule has 7 heteroatoms. The Morgan fingerprint density at radius 3 is 2.59 bits per heavy atom. The Bertz CT molecular complexity index is 496. The van der Waals surface area contributed by atoms with Crippen LogP contribution in [0.1, 0.15) is 12.5 Å². The smallest absolute Gasteiger partial charge is 0.303 e. The summed E-state index contributed by atoms with van der Waals surface area (Å²) in [6.45, 7) is 0.353. The van der Waals surface area contributed by atoms with Crippen molar-refractivity contribution in [1.29, 1.82) is 0 Å². The molecule has 0 saturated carbocycles. The molecule has 1 aromatic rings. The average molecular weight is 328 g/mol. The standard InChI is InChI=1S/C15H20O6S/c1-10(18)20-14-13(19)12(7-16)21-15(14,9-17)22-8-11-5-3-2-4-6-11/h2-6,12-14,16-17,19H,7-9H2,1H3/t12-,13-,14+,15+/m1/s1. The van der Waals surface area contributed by atoms with Crippen LogP contribution in [0.25, 0.3) is 0 Å². The Kier molecular flexibility index (Phi) is 5.82. The number of hydrogen-bond acceptors (Lipinski definition) is 7. The molecule has 1 aliphatic heterocycles. The summed E-state index contributed by atoms with van der Waals surface area (Å²) in [5.74, 6) is -0.0753. The Morgan fingerprint density at radius 2 is 2.05 bits per heavy atom. The van der Waals surface area contributed by atoms with E-state index in [0.717, 1.165) is 5.56 Å². The van der Waals surface area contributed by atoms with E-state index < -0.39 is 42.4 Å². The fraction of sp³-hybridized carbons (Fsp3) is 0.533. The van der Waals surface area contributed by atoms with Crippen molar-refractivity contribution in [2.24, 2.45) is 0 Å². The third-order valence-electron chi connectivity index (χ3n) is 3.49. The fourth-order valence-corrected chi connectivity index (χ4v) is 3.64. The number of benzene rings is 1. The van der Waals surface area contributed by atoms with Crippen molar-refractivity contribution in [3.05, 3.63) is 35.9 Å². The van der Waals surface area contributed by atoms with Gasteiger partial charge in [-0.2, -0.15) is 0 Å². The molecule has 1 aromatic carbocycles. The first kappa shape index (κ1) is 17.2. The van der Waals surface area contributed by atoms with Crippen LogP contribution in [-0.4, -0.2) is 57.7 Å². The van der Waals surface area contributed by atoms with Crippen molar-refractivity contribution < 1.29 is 29.6 Å². The van der Waals surface area contributed by atoms with E-state index in [-0.39, 0.29) is 0 Å². The average Bonchev–Trinajstić information content (AvgIpc) is 2.79. The van der Waals surface area contributed by atoms with Crippen LogP contribution in [-0.2, 0) is 20.0 Å². The summed E-state index contributed by atoms with van der Waals surface area (Å²) in [7, 11) is 0. The quantitative estimate of drug-likeness (QED) is 0.646. The van der Waals surface area contributed by atoms with Gasteiger partial charge in [-0.05, 0) is 5.56 Å². The maximum Gasteiger partial charge on any atom is 0.303 e. The molecule has 0 aromatic heterocycles. The second-order valence-electron chi connectivity index (χ2n) is 5.10. The number of aliphatic hydroxyl groups excluding tert-OH is 3. The number of hydrogen-bond donors (Lipinski definition) is 3. The molecule has 6 nitrogen and oxygen atoms in total. The van der Waals surface area contributed by atoms with Gasteiger partial charge in [-0.1, -0.05) is 30.3 Å². The number of thioether (sulfide) groups is 1. The molecule has 22 heavy (non-hydrogen) atoms. The van der Waals surface area contributed by atoms with Gasteiger partial charge in [0.15, 0.2) is 11.0 Å². The largest absolute Gasteiger partial charge is 0.456 e. The third kappa shape index (κ3) is 3.61. The van der Waals surface area contributed by atoms with E-state index in [2.05, 4.69) is 0 Å². The molecule has 0 aliphatic carbocycles. The summed E-state index contributed by atoms with van der Waals surface area (Å²) in [4.78, 5) is 9.98. The van der Waals surface area contributed by atoms with E-state index in [0.29, 0.717) is 5.75 Å². The summed E-state index contributed by atoms with van der Waals surface area (Å²) in [5, 5.41) is 29.2. The van der Waals surface area contributed by atoms with E-state index in [9.17, 15) is 20.1 Å². The Balaban J connectivity index is 2.18. The number of rotatable bonds is 6. The Labute approximate surface area is 133 Å². The highest BCUT2D eigenvalue weighted by Gasteiger charge is 2.56. The molecule has 1 fully saturated rings. The highest BCUT2D eigenvalue weighted by Crippen LogP contribution is 2.43. The Hall–Kier alpha value is -1.12. The normalized spacial score (nSPS) is 31.2. The predicted octanol–water partition coefficient (Wildman–Crippen LogP) is 0.292. The van der Waals surface area contributed by atoms with E-state index in [1.54, 1.807) is 0 Å². The summed E-state index contributed by atoms with van der Waals surface area (Å²) < 4.78 is 10.8. The Morgan fingerprint density at radius 1 is 1.36 bits per heavy atom. The van der Waals surface area contributed by atoms with Gasteiger partial charge in [0, 0.05) is 12.7 Å². The van der Waals surface area contributed by atoms with Crippen molar-refractivity contribution in [3.63, 3.8) is 0 Å². The highest BCUT2D eigenvalue weighted by molar-refractivity contribution is 7.99. The molecule has 0 amide bonds. The van der Waals surface area contributed by atoms with Crippen molar-refractivity contribution in [3.8, 4) is 0 Å². The second kappa shape index (κ2) is 7.43. The zero-order valence-corrected chi connectivity index (χ0v) is 13.0. The fourth-order valence-electron chi connectivity index (χ4n) is 2.40. The zero-order chi connectivity index (χ0) is 16.2. The summed E-state index contributed by atoms with van der Waals surface area (Å²) >= 11 is 1.24. The third-order valence-corrected chi connectivity index (χ3v) is 4.92. The number of esters is 1. The van der Waals surface area contributed by atoms with Crippen molar-refractivity contribution >= 4 is 17.7 Å². The predicted molar refractivity (Wildman–Crippen MR) is 81.1 cm³/mol. The molecule has 1 aliphatic rings. The SMILES string of the molecule is CC(=O)O[C@H]1[C@H](O)[C@@H](CO)O[C@@]1(CO)SCc1ccccc1. The molecular formula is C15H20O6S. The van der Waals surface area contributed by atoms with Crippen LogP contribution in [0.4, 0.5) is 0 Å². The molecule has 4 atom stereocenters. The highest BCUT2D eigenvalue weighted by atomic mass is 32.2. The molecule has 1 saturated heterocycles. The second-order valence-corrected chi connectivity index (χ2v) is 6.37. The maximum absolute atomic E-state index is 11.3. The van der Waals surface area contributed by atoms with Crippen LogP contribution in [0.3, 0.4) is 0 Å². The van der Waals surface area contributed by atoms with Crippen molar-refractivity contribution in [2.45, 2.75) is 35.9 Å². The molecule has 0 unspecified atom stereocenters. The van der Waals surface area contributed by atoms with Gasteiger partial charge < -0.3 is 24.8 Å². The molecule has 1 heterocycles. The topological polar surface area (TPSA) is 96.2 Å². The van der Waals surface area contributed by atoms with Crippen molar-refractivity contribution in [1.82, 2.24) is 0 Å². The number of carbonyl (C=O) groups excluding carboxylic acids is 1. The van der Waals surface area contributed by atoms with Gasteiger partial charge in [-0.3, -0.25) is 4.79 Å². The van der Waals surface area contributed by atoms with Crippen molar-refractivity contribution in [2.75, 3.05) is 13.2 Å². The maximum atomic E-state index is 11.3. The minimum absolute atomic E-state index is 0.424. The number of aliphatic hydroxyl groups is 3. The van der Waals surface area contributed by atoms with Crippen LogP contribution >= 0.6 is 11.8 Å². The van der Waals surface area contributed by atoms with Gasteiger partial charge in [0.2, 0.25) is 0 Å². The summed E-state index contributed by atoms with van der Waals surface area (Å²) in [6, 6.07) is 9.54. The monoisotopic (exact) mass is 328 g/mol. The van der Waals surface area contributed by atoms with Crippen LogP contribution in [0.2, 0.25) is 0 Å². The lowest BCUT2D eigenvalue weighted by molar-refractivity contribution is -0.155. The lowest BCUT2D eigenvalue weighted by atomic mass is 10.1. The van der Waals surface area contributed by atoms with Gasteiger partial charge in [0.1, 0.15) is 12.2 Å². The number of ether oxygens (including phenoxy) is 2. The van der Waals surface area contributed by atoms with Crippen LogP contribution in [0.5, 0.6) is 0 Å². The molecule has 3 N–H and O–H groups in total. The number of carbonyl (C=O) groups is 1. The van der Waals surface area contributed by atoms with E-state index in [4.69, 9.17) is 9.47 Å². The molecule has 2 rings (SSSR count). The van der Waals surface area contributed by atoms with Crippen LogP contribution in [0.15, 0.2) is 30.3 Å². The van der Waals surface area contributed by atoms with Crippen LogP contribution < -0.4 is 0 Å². The zero-order valence-electron chi connectivity index (χ0n) is 12.2. The van der Waals surface area contributed by atoms with Gasteiger partial charge in [-0.15, -0.1) is 11.8 Å². The lowest BCUT2D eigenvalue weighted by Crippen LogP contribution is -2.46. The molecule has 122 valence electrons. The first-order valence-corrected chi connectivity index (χ1v) is 7.93. The minimum Gasteiger partial charge on any atom is -0.456 e. The van der Waals surface area contributed by atoms with E-state index in [1.807, 2.05) is 30.3 Å². The lowest BCUT2D eigenvalue weighted by Gasteiger charge is -2.31. The minimum atomic E-state index is -1.30. The van der Waals surface area contributed by atoms with Crippen LogP contribution in [0, 0.1) is 0 Å². The first-order valence-electron chi connectivity index (χ1n) is 6.95. The van der Waals surface area contributed by atoms with Gasteiger partial charge in [0.05, 0.1) is 13.2 Å².